The smallest absolute Gasteiger partial charge is 0.332 e. The topological polar surface area (TPSA) is 38.3 Å². The fraction of sp³-hybridized carbons (Fsp3) is 0.562. The monoisotopic (exact) mass is 293 g/mol. The number of carbonyl (C=O) groups excluding carboxylic acids is 1. The highest BCUT2D eigenvalue weighted by molar-refractivity contribution is 7.99. The van der Waals surface area contributed by atoms with E-state index in [1.807, 2.05) is 23.9 Å². The number of carbonyl (C=O) groups is 1. The number of benzene rings is 1. The molecule has 0 saturated carbocycles. The first-order chi connectivity index (χ1) is 9.37. The van der Waals surface area contributed by atoms with Gasteiger partial charge in [-0.25, -0.2) is 4.79 Å². The van der Waals surface area contributed by atoms with Gasteiger partial charge in [-0.2, -0.15) is 11.8 Å². The summed E-state index contributed by atoms with van der Waals surface area (Å²) in [7, 11) is 1.47. The second-order valence-electron chi connectivity index (χ2n) is 6.40. The summed E-state index contributed by atoms with van der Waals surface area (Å²) in [4.78, 5) is 12.4. The average Bonchev–Trinajstić information content (AvgIpc) is 2.36. The zero-order valence-electron chi connectivity index (χ0n) is 12.7. The number of anilines is 1. The Kier molecular flexibility index (Phi) is 4.33. The molecule has 0 radical (unpaired) electrons. The van der Waals surface area contributed by atoms with E-state index in [0.717, 1.165) is 23.6 Å². The molecule has 1 atom stereocenters. The molecule has 1 N–H and O–H groups in total. The minimum atomic E-state index is -0.630. The van der Waals surface area contributed by atoms with Crippen LogP contribution in [0.15, 0.2) is 24.3 Å². The van der Waals surface area contributed by atoms with Crippen LogP contribution < -0.4 is 5.32 Å². The molecule has 1 saturated heterocycles. The first kappa shape index (κ1) is 15.2. The second-order valence-corrected chi connectivity index (χ2v) is 7.39. The lowest BCUT2D eigenvalue weighted by Crippen LogP contribution is -2.55. The molecule has 0 aromatic heterocycles. The van der Waals surface area contributed by atoms with Crippen molar-refractivity contribution in [3.63, 3.8) is 0 Å². The Hall–Kier alpha value is -1.16. The van der Waals surface area contributed by atoms with Crippen molar-refractivity contribution < 1.29 is 9.53 Å². The maximum absolute atomic E-state index is 12.4. The summed E-state index contributed by atoms with van der Waals surface area (Å²) >= 11 is 1.81. The van der Waals surface area contributed by atoms with Gasteiger partial charge in [0.25, 0.3) is 0 Å². The van der Waals surface area contributed by atoms with Crippen LogP contribution in [-0.4, -0.2) is 30.1 Å². The van der Waals surface area contributed by atoms with Gasteiger partial charge in [0.05, 0.1) is 7.11 Å². The number of hydrogen-bond acceptors (Lipinski definition) is 4. The third-order valence-electron chi connectivity index (χ3n) is 3.60. The van der Waals surface area contributed by atoms with Gasteiger partial charge in [-0.1, -0.05) is 26.0 Å². The number of aryl methyl sites for hydroxylation is 1. The molecule has 20 heavy (non-hydrogen) atoms. The highest BCUT2D eigenvalue weighted by Crippen LogP contribution is 2.41. The van der Waals surface area contributed by atoms with E-state index in [1.165, 1.54) is 12.7 Å². The van der Waals surface area contributed by atoms with E-state index in [2.05, 4.69) is 38.2 Å². The van der Waals surface area contributed by atoms with Crippen LogP contribution >= 0.6 is 11.8 Å². The lowest BCUT2D eigenvalue weighted by molar-refractivity contribution is -0.146. The molecule has 1 aliphatic heterocycles. The Morgan fingerprint density at radius 3 is 2.70 bits per heavy atom. The second kappa shape index (κ2) is 5.68. The zero-order valence-corrected chi connectivity index (χ0v) is 13.5. The van der Waals surface area contributed by atoms with Gasteiger partial charge < -0.3 is 10.1 Å². The fourth-order valence-corrected chi connectivity index (χ4v) is 4.27. The van der Waals surface area contributed by atoms with E-state index >= 15 is 0 Å². The van der Waals surface area contributed by atoms with Gasteiger partial charge in [-0.05, 0) is 42.2 Å². The normalized spacial score (nSPS) is 25.0. The van der Waals surface area contributed by atoms with Gasteiger partial charge in [0.2, 0.25) is 0 Å². The van der Waals surface area contributed by atoms with Crippen LogP contribution in [0.25, 0.3) is 0 Å². The standard InChI is InChI=1S/C16H23NO2S/c1-12-6-5-7-13(8-12)17-16(14(18)19-4)9-15(2,3)10-20-11-16/h5-8,17H,9-11H2,1-4H3. The molecule has 4 heteroatoms. The van der Waals surface area contributed by atoms with E-state index in [1.54, 1.807) is 0 Å². The van der Waals surface area contributed by atoms with Crippen LogP contribution in [0.3, 0.4) is 0 Å². The zero-order chi connectivity index (χ0) is 14.8. The number of ether oxygens (including phenoxy) is 1. The number of thioether (sulfide) groups is 1. The lowest BCUT2D eigenvalue weighted by atomic mass is 9.79. The summed E-state index contributed by atoms with van der Waals surface area (Å²) in [5.41, 5.74) is 1.65. The first-order valence-corrected chi connectivity index (χ1v) is 8.03. The van der Waals surface area contributed by atoms with Crippen LogP contribution in [0.4, 0.5) is 5.69 Å². The highest BCUT2D eigenvalue weighted by atomic mass is 32.2. The predicted octanol–water partition coefficient (Wildman–Crippen LogP) is 3.48. The van der Waals surface area contributed by atoms with Gasteiger partial charge in [0, 0.05) is 11.4 Å². The molecule has 1 aromatic carbocycles. The summed E-state index contributed by atoms with van der Waals surface area (Å²) in [6.07, 6.45) is 0.785. The van der Waals surface area contributed by atoms with Crippen molar-refractivity contribution in [1.82, 2.24) is 0 Å². The van der Waals surface area contributed by atoms with E-state index in [4.69, 9.17) is 4.74 Å². The molecule has 1 heterocycles. The Bertz CT molecular complexity index is 501. The Labute approximate surface area is 125 Å². The van der Waals surface area contributed by atoms with Crippen LogP contribution in [-0.2, 0) is 9.53 Å². The van der Waals surface area contributed by atoms with E-state index in [-0.39, 0.29) is 11.4 Å². The van der Waals surface area contributed by atoms with Gasteiger partial charge in [-0.15, -0.1) is 0 Å². The summed E-state index contributed by atoms with van der Waals surface area (Å²) < 4.78 is 5.07. The molecule has 3 nitrogen and oxygen atoms in total. The molecule has 2 rings (SSSR count). The molecule has 110 valence electrons. The molecule has 0 aliphatic carbocycles. The minimum absolute atomic E-state index is 0.119. The Balaban J connectivity index is 2.30. The molecule has 1 fully saturated rings. The largest absolute Gasteiger partial charge is 0.467 e. The molecular weight excluding hydrogens is 270 g/mol. The third kappa shape index (κ3) is 3.29. The quantitative estimate of drug-likeness (QED) is 0.866. The summed E-state index contributed by atoms with van der Waals surface area (Å²) in [5, 5.41) is 3.45. The molecule has 1 unspecified atom stereocenters. The van der Waals surface area contributed by atoms with Crippen molar-refractivity contribution in [2.24, 2.45) is 5.41 Å². The fourth-order valence-electron chi connectivity index (χ4n) is 2.88. The van der Waals surface area contributed by atoms with Crippen LogP contribution in [0.2, 0.25) is 0 Å². The number of methoxy groups -OCH3 is 1. The van der Waals surface area contributed by atoms with Crippen molar-refractivity contribution in [3.05, 3.63) is 29.8 Å². The van der Waals surface area contributed by atoms with Crippen molar-refractivity contribution in [1.29, 1.82) is 0 Å². The average molecular weight is 293 g/mol. The summed E-state index contributed by atoms with van der Waals surface area (Å²) in [5.74, 6) is 1.65. The molecular formula is C16H23NO2S. The summed E-state index contributed by atoms with van der Waals surface area (Å²) in [6, 6.07) is 8.13. The van der Waals surface area contributed by atoms with Crippen LogP contribution in [0, 0.1) is 12.3 Å². The maximum atomic E-state index is 12.4. The first-order valence-electron chi connectivity index (χ1n) is 6.88. The lowest BCUT2D eigenvalue weighted by Gasteiger charge is -2.43. The van der Waals surface area contributed by atoms with Gasteiger partial charge >= 0.3 is 5.97 Å². The van der Waals surface area contributed by atoms with Gasteiger partial charge in [0.1, 0.15) is 5.54 Å². The number of esters is 1. The molecule has 1 aromatic rings. The van der Waals surface area contributed by atoms with Gasteiger partial charge in [-0.3, -0.25) is 0 Å². The van der Waals surface area contributed by atoms with Crippen LogP contribution in [0.1, 0.15) is 25.8 Å². The van der Waals surface area contributed by atoms with Crippen molar-refractivity contribution in [2.75, 3.05) is 23.9 Å². The Morgan fingerprint density at radius 1 is 1.35 bits per heavy atom. The number of nitrogens with one attached hydrogen (secondary N) is 1. The predicted molar refractivity (Wildman–Crippen MR) is 85.3 cm³/mol. The maximum Gasteiger partial charge on any atom is 0.332 e. The van der Waals surface area contributed by atoms with Crippen molar-refractivity contribution >= 4 is 23.4 Å². The minimum Gasteiger partial charge on any atom is -0.467 e. The number of rotatable bonds is 3. The van der Waals surface area contributed by atoms with Crippen molar-refractivity contribution in [2.45, 2.75) is 32.7 Å². The van der Waals surface area contributed by atoms with Gasteiger partial charge in [0.15, 0.2) is 0 Å². The molecule has 1 aliphatic rings. The Morgan fingerprint density at radius 2 is 2.10 bits per heavy atom. The van der Waals surface area contributed by atoms with E-state index in [0.29, 0.717) is 0 Å². The molecule has 0 spiro atoms. The third-order valence-corrected chi connectivity index (χ3v) is 5.28. The van der Waals surface area contributed by atoms with Crippen LogP contribution in [0.5, 0.6) is 0 Å². The van der Waals surface area contributed by atoms with E-state index in [9.17, 15) is 4.79 Å². The number of hydrogen-bond donors (Lipinski definition) is 1. The van der Waals surface area contributed by atoms with Crippen molar-refractivity contribution in [3.8, 4) is 0 Å². The summed E-state index contributed by atoms with van der Waals surface area (Å²) in [6.45, 7) is 6.46. The molecule has 0 bridgehead atoms. The molecule has 0 amide bonds. The van der Waals surface area contributed by atoms with E-state index < -0.39 is 5.54 Å². The SMILES string of the molecule is COC(=O)C1(Nc2cccc(C)c2)CSCC(C)(C)C1. The highest BCUT2D eigenvalue weighted by Gasteiger charge is 2.47.